The Labute approximate surface area is 192 Å². The molecule has 3 aromatic rings. The highest BCUT2D eigenvalue weighted by atomic mass is 16.5. The van der Waals surface area contributed by atoms with Gasteiger partial charge in [0.25, 0.3) is 0 Å². The van der Waals surface area contributed by atoms with Crippen LogP contribution >= 0.6 is 0 Å². The van der Waals surface area contributed by atoms with Crippen LogP contribution in [-0.4, -0.2) is 59.3 Å². The number of hydrazone groups is 1. The summed E-state index contributed by atoms with van der Waals surface area (Å²) < 4.78 is 13.4. The van der Waals surface area contributed by atoms with Crippen LogP contribution in [0.2, 0.25) is 0 Å². The van der Waals surface area contributed by atoms with Crippen LogP contribution in [0.3, 0.4) is 0 Å². The van der Waals surface area contributed by atoms with Crippen molar-refractivity contribution in [3.8, 4) is 6.07 Å². The number of imidazole rings is 1. The van der Waals surface area contributed by atoms with E-state index in [9.17, 15) is 5.26 Å². The molecule has 170 valence electrons. The zero-order valence-electron chi connectivity index (χ0n) is 18.7. The van der Waals surface area contributed by atoms with Crippen molar-refractivity contribution in [3.63, 3.8) is 0 Å². The zero-order valence-corrected chi connectivity index (χ0v) is 18.7. The minimum atomic E-state index is 0.178. The largest absolute Gasteiger partial charge is 0.378 e. The van der Waals surface area contributed by atoms with E-state index in [0.717, 1.165) is 60.5 Å². The summed E-state index contributed by atoms with van der Waals surface area (Å²) in [7, 11) is 0. The van der Waals surface area contributed by atoms with Crippen molar-refractivity contribution in [3.05, 3.63) is 47.8 Å². The summed E-state index contributed by atoms with van der Waals surface area (Å²) in [5, 5.41) is 14.0. The summed E-state index contributed by atoms with van der Waals surface area (Å²) in [5.74, 6) is 0.568. The highest BCUT2D eigenvalue weighted by Crippen LogP contribution is 2.29. The zero-order chi connectivity index (χ0) is 22.6. The SMILES string of the molecule is Cc1cccc(/C(C#N)=N/Nc2cc(N3CCOCC3)c3ncn(C[C@@H]4CCCO4)c3n2)c1. The molecule has 0 spiro atoms. The number of anilines is 2. The smallest absolute Gasteiger partial charge is 0.167 e. The maximum absolute atomic E-state index is 9.66. The first-order valence-electron chi connectivity index (χ1n) is 11.3. The van der Waals surface area contributed by atoms with E-state index in [-0.39, 0.29) is 6.10 Å². The predicted octanol–water partition coefficient (Wildman–Crippen LogP) is 3.10. The third-order valence-electron chi connectivity index (χ3n) is 6.01. The molecule has 2 aromatic heterocycles. The molecule has 0 radical (unpaired) electrons. The van der Waals surface area contributed by atoms with Gasteiger partial charge in [0.2, 0.25) is 0 Å². The van der Waals surface area contributed by atoms with Gasteiger partial charge in [-0.1, -0.05) is 23.8 Å². The number of pyridine rings is 1. The third-order valence-corrected chi connectivity index (χ3v) is 6.01. The first-order valence-corrected chi connectivity index (χ1v) is 11.3. The lowest BCUT2D eigenvalue weighted by Crippen LogP contribution is -2.36. The number of benzene rings is 1. The van der Waals surface area contributed by atoms with Gasteiger partial charge >= 0.3 is 0 Å². The van der Waals surface area contributed by atoms with E-state index < -0.39 is 0 Å². The summed E-state index contributed by atoms with van der Waals surface area (Å²) in [6.45, 7) is 6.43. The van der Waals surface area contributed by atoms with E-state index >= 15 is 0 Å². The Morgan fingerprint density at radius 2 is 2.15 bits per heavy atom. The number of ether oxygens (including phenoxy) is 2. The van der Waals surface area contributed by atoms with Gasteiger partial charge in [-0.05, 0) is 25.8 Å². The second kappa shape index (κ2) is 9.57. The van der Waals surface area contributed by atoms with Crippen molar-refractivity contribution in [1.29, 1.82) is 5.26 Å². The molecule has 4 heterocycles. The monoisotopic (exact) mass is 445 g/mol. The number of nitrogens with zero attached hydrogens (tertiary/aromatic N) is 6. The first-order chi connectivity index (χ1) is 16.2. The average molecular weight is 446 g/mol. The fourth-order valence-electron chi connectivity index (χ4n) is 4.32. The maximum Gasteiger partial charge on any atom is 0.167 e. The highest BCUT2D eigenvalue weighted by molar-refractivity contribution is 6.12. The molecule has 2 aliphatic heterocycles. The standard InChI is InChI=1S/C24H27N7O2/c1-17-4-2-5-18(12-17)20(14-25)28-29-22-13-21(30-7-10-32-11-8-30)23-24(27-22)31(16-26-23)15-19-6-3-9-33-19/h2,4-5,12-13,16,19H,3,6-11,15H2,1H3,(H,27,29)/b28-20+/t19-/m0/s1. The van der Waals surface area contributed by atoms with Gasteiger partial charge in [-0.3, -0.25) is 5.43 Å². The Kier molecular flexibility index (Phi) is 6.19. The highest BCUT2D eigenvalue weighted by Gasteiger charge is 2.22. The summed E-state index contributed by atoms with van der Waals surface area (Å²) in [4.78, 5) is 11.8. The summed E-state index contributed by atoms with van der Waals surface area (Å²) >= 11 is 0. The number of aromatic nitrogens is 3. The van der Waals surface area contributed by atoms with Gasteiger partial charge < -0.3 is 18.9 Å². The van der Waals surface area contributed by atoms with Gasteiger partial charge in [-0.2, -0.15) is 10.4 Å². The van der Waals surface area contributed by atoms with Crippen molar-refractivity contribution >= 4 is 28.4 Å². The lowest BCUT2D eigenvalue weighted by atomic mass is 10.1. The normalized spacial score (nSPS) is 19.1. The van der Waals surface area contributed by atoms with E-state index in [1.54, 1.807) is 0 Å². The van der Waals surface area contributed by atoms with Crippen molar-refractivity contribution in [2.24, 2.45) is 5.10 Å². The fraction of sp³-hybridized carbons (Fsp3) is 0.417. The van der Waals surface area contributed by atoms with Crippen molar-refractivity contribution in [2.45, 2.75) is 32.4 Å². The van der Waals surface area contributed by atoms with Crippen LogP contribution in [-0.2, 0) is 16.0 Å². The molecular formula is C24H27N7O2. The quantitative estimate of drug-likeness (QED) is 0.460. The molecule has 1 N–H and O–H groups in total. The van der Waals surface area contributed by atoms with Crippen LogP contribution < -0.4 is 10.3 Å². The minimum absolute atomic E-state index is 0.178. The third kappa shape index (κ3) is 4.67. The van der Waals surface area contributed by atoms with E-state index in [0.29, 0.717) is 31.3 Å². The van der Waals surface area contributed by atoms with Crippen molar-refractivity contribution in [2.75, 3.05) is 43.2 Å². The Morgan fingerprint density at radius 3 is 2.91 bits per heavy atom. The van der Waals surface area contributed by atoms with Gasteiger partial charge in [0.1, 0.15) is 11.6 Å². The van der Waals surface area contributed by atoms with Gasteiger partial charge in [0.15, 0.2) is 17.2 Å². The number of aryl methyl sites for hydroxylation is 1. The van der Waals surface area contributed by atoms with E-state index in [4.69, 9.17) is 19.4 Å². The molecule has 0 unspecified atom stereocenters. The van der Waals surface area contributed by atoms with Crippen LogP contribution in [0.15, 0.2) is 41.8 Å². The lowest BCUT2D eigenvalue weighted by molar-refractivity contribution is 0.0978. The van der Waals surface area contributed by atoms with E-state index in [1.807, 2.05) is 43.6 Å². The summed E-state index contributed by atoms with van der Waals surface area (Å²) in [5.41, 5.74) is 7.78. The van der Waals surface area contributed by atoms with Crippen LogP contribution in [0, 0.1) is 18.3 Å². The average Bonchev–Trinajstić information content (AvgIpc) is 3.50. The van der Waals surface area contributed by atoms with Gasteiger partial charge in [-0.15, -0.1) is 0 Å². The molecule has 2 aliphatic rings. The molecule has 1 atom stereocenters. The van der Waals surface area contributed by atoms with Gasteiger partial charge in [0.05, 0.1) is 37.9 Å². The van der Waals surface area contributed by atoms with E-state index in [2.05, 4.69) is 26.1 Å². The van der Waals surface area contributed by atoms with Gasteiger partial charge in [0, 0.05) is 31.3 Å². The second-order valence-corrected chi connectivity index (χ2v) is 8.38. The topological polar surface area (TPSA) is 101 Å². The molecule has 9 heteroatoms. The lowest BCUT2D eigenvalue weighted by Gasteiger charge is -2.29. The molecule has 2 saturated heterocycles. The Hall–Kier alpha value is -3.48. The van der Waals surface area contributed by atoms with Crippen molar-refractivity contribution < 1.29 is 9.47 Å². The summed E-state index contributed by atoms with van der Waals surface area (Å²) in [6.07, 6.45) is 4.14. The molecule has 9 nitrogen and oxygen atoms in total. The molecular weight excluding hydrogens is 418 g/mol. The number of hydrogen-bond donors (Lipinski definition) is 1. The first kappa shape index (κ1) is 21.4. The van der Waals surface area contributed by atoms with Gasteiger partial charge in [-0.25, -0.2) is 9.97 Å². The Bertz CT molecular complexity index is 1200. The Morgan fingerprint density at radius 1 is 1.27 bits per heavy atom. The fourth-order valence-corrected chi connectivity index (χ4v) is 4.32. The molecule has 0 aliphatic carbocycles. The molecule has 5 rings (SSSR count). The minimum Gasteiger partial charge on any atom is -0.378 e. The van der Waals surface area contributed by atoms with Crippen LogP contribution in [0.4, 0.5) is 11.5 Å². The number of fused-ring (bicyclic) bond motifs is 1. The number of rotatable bonds is 6. The summed E-state index contributed by atoms with van der Waals surface area (Å²) in [6, 6.07) is 11.9. The molecule has 0 amide bonds. The van der Waals surface area contributed by atoms with Crippen LogP contribution in [0.1, 0.15) is 24.0 Å². The van der Waals surface area contributed by atoms with Crippen LogP contribution in [0.5, 0.6) is 0 Å². The molecule has 0 bridgehead atoms. The maximum atomic E-state index is 9.66. The molecule has 2 fully saturated rings. The van der Waals surface area contributed by atoms with Crippen molar-refractivity contribution in [1.82, 2.24) is 14.5 Å². The molecule has 0 saturated carbocycles. The number of nitriles is 1. The van der Waals surface area contributed by atoms with Crippen LogP contribution in [0.25, 0.3) is 11.2 Å². The second-order valence-electron chi connectivity index (χ2n) is 8.38. The van der Waals surface area contributed by atoms with E-state index in [1.165, 1.54) is 0 Å². The molecule has 33 heavy (non-hydrogen) atoms. The number of hydrogen-bond acceptors (Lipinski definition) is 8. The molecule has 1 aromatic carbocycles. The number of morpholine rings is 1. The number of nitrogens with one attached hydrogen (secondary N) is 1. The predicted molar refractivity (Wildman–Crippen MR) is 126 cm³/mol. The Balaban J connectivity index is 1.51.